The van der Waals surface area contributed by atoms with Crippen molar-refractivity contribution in [2.75, 3.05) is 13.1 Å². The smallest absolute Gasteiger partial charge is 0.435 e. The summed E-state index contributed by atoms with van der Waals surface area (Å²) in [5.74, 6) is -1.69. The third kappa shape index (κ3) is 9.17. The Morgan fingerprint density at radius 1 is 1.11 bits per heavy atom. The molecule has 1 unspecified atom stereocenters. The third-order valence-electron chi connectivity index (χ3n) is 6.07. The molecule has 1 aromatic heterocycles. The van der Waals surface area contributed by atoms with Crippen LogP contribution in [0.25, 0.3) is 16.9 Å². The number of alkyl halides is 3. The number of aryl methyl sites for hydroxylation is 1. The summed E-state index contributed by atoms with van der Waals surface area (Å²) < 4.78 is 74.1. The van der Waals surface area contributed by atoms with Gasteiger partial charge in [-0.05, 0) is 65.0 Å². The summed E-state index contributed by atoms with van der Waals surface area (Å²) in [5, 5.41) is 20.1. The highest BCUT2D eigenvalue weighted by atomic mass is 32.2. The van der Waals surface area contributed by atoms with Crippen molar-refractivity contribution < 1.29 is 45.7 Å². The molecule has 2 aromatic carbocycles. The average molecular weight is 655 g/mol. The van der Waals surface area contributed by atoms with Crippen molar-refractivity contribution in [2.24, 2.45) is 10.7 Å². The number of ether oxygens (including phenoxy) is 1. The second-order valence-electron chi connectivity index (χ2n) is 10.9. The molecule has 0 aliphatic rings. The molecule has 45 heavy (non-hydrogen) atoms. The monoisotopic (exact) mass is 654 g/mol. The van der Waals surface area contributed by atoms with E-state index in [1.807, 2.05) is 11.6 Å². The van der Waals surface area contributed by atoms with E-state index in [1.54, 1.807) is 45.0 Å². The molecular weight excluding hydrogens is 621 g/mol. The lowest BCUT2D eigenvalue weighted by atomic mass is 9.97. The molecule has 1 N–H and O–H groups in total. The van der Waals surface area contributed by atoms with Crippen LogP contribution < -0.4 is 4.72 Å². The van der Waals surface area contributed by atoms with E-state index >= 15 is 0 Å². The van der Waals surface area contributed by atoms with Gasteiger partial charge in [0.05, 0.1) is 33.2 Å². The highest BCUT2D eigenvalue weighted by molar-refractivity contribution is 7.90. The molecule has 0 aliphatic carbocycles. The summed E-state index contributed by atoms with van der Waals surface area (Å²) in [7, 11) is -4.45. The molecule has 0 spiro atoms. The van der Waals surface area contributed by atoms with Gasteiger partial charge in [0.25, 0.3) is 22.2 Å². The highest BCUT2D eigenvalue weighted by Crippen LogP contribution is 2.33. The molecule has 17 heteroatoms. The van der Waals surface area contributed by atoms with E-state index in [0.29, 0.717) is 5.56 Å². The van der Waals surface area contributed by atoms with Crippen LogP contribution in [-0.2, 0) is 35.4 Å². The number of esters is 1. The van der Waals surface area contributed by atoms with Crippen LogP contribution in [0.1, 0.15) is 45.9 Å². The van der Waals surface area contributed by atoms with Crippen LogP contribution in [0, 0.1) is 17.5 Å². The van der Waals surface area contributed by atoms with E-state index in [4.69, 9.17) is 9.57 Å². The first-order valence-corrected chi connectivity index (χ1v) is 15.0. The predicted octanol–water partition coefficient (Wildman–Crippen LogP) is 4.74. The zero-order valence-electron chi connectivity index (χ0n) is 25.3. The van der Waals surface area contributed by atoms with E-state index in [1.165, 1.54) is 26.0 Å². The number of hydrazine groups is 1. The second-order valence-corrected chi connectivity index (χ2v) is 12.5. The topological polar surface area (TPSA) is 158 Å². The summed E-state index contributed by atoms with van der Waals surface area (Å²) in [6.07, 6.45) is -5.94. The van der Waals surface area contributed by atoms with E-state index in [2.05, 4.69) is 10.4 Å². The first-order valence-electron chi connectivity index (χ1n) is 13.5. The fraction of sp³-hybridized carbons (Fsp3) is 0.393. The summed E-state index contributed by atoms with van der Waals surface area (Å²) in [5.41, 5.74) is -0.336. The molecule has 3 rings (SSSR count). The molecule has 0 saturated heterocycles. The molecule has 1 heterocycles. The molecule has 1 atom stereocenters. The number of hydrogen-bond acceptors (Lipinski definition) is 9. The van der Waals surface area contributed by atoms with Gasteiger partial charge in [-0.2, -0.15) is 18.3 Å². The SMILES string of the molecule is CCN(CC(=O)NS(=O)(=O)c1ccc(-n2nc(C(F)(F)F)cc2-c2ccc(C)cc2)cc1)/[N+]([O-])=N/OC(C)OC(=O)C(C)(C)C. The van der Waals surface area contributed by atoms with E-state index in [9.17, 15) is 36.4 Å². The number of sulfonamides is 1. The molecule has 3 aromatic rings. The van der Waals surface area contributed by atoms with Crippen molar-refractivity contribution in [3.05, 3.63) is 71.1 Å². The van der Waals surface area contributed by atoms with Crippen LogP contribution in [0.5, 0.6) is 0 Å². The number of nitrogens with zero attached hydrogens (tertiary/aromatic N) is 5. The van der Waals surface area contributed by atoms with Crippen LogP contribution in [0.15, 0.2) is 64.8 Å². The second kappa shape index (κ2) is 13.5. The number of rotatable bonds is 11. The minimum atomic E-state index is -4.72. The molecule has 244 valence electrons. The molecule has 1 amide bonds. The fourth-order valence-electron chi connectivity index (χ4n) is 3.62. The first kappa shape index (κ1) is 34.8. The van der Waals surface area contributed by atoms with E-state index in [0.717, 1.165) is 33.5 Å². The number of halogens is 3. The summed E-state index contributed by atoms with van der Waals surface area (Å²) in [6.45, 7) is 8.68. The van der Waals surface area contributed by atoms with Gasteiger partial charge < -0.3 is 9.94 Å². The molecule has 0 saturated carbocycles. The van der Waals surface area contributed by atoms with Crippen LogP contribution in [0.3, 0.4) is 0 Å². The number of likely N-dealkylation sites (N-methyl/N-ethyl adjacent to an activating group) is 1. The molecule has 13 nitrogen and oxygen atoms in total. The maximum absolute atomic E-state index is 13.5. The number of amides is 1. The average Bonchev–Trinajstić information content (AvgIpc) is 3.41. The van der Waals surface area contributed by atoms with Gasteiger partial charge in [-0.25, -0.2) is 17.8 Å². The van der Waals surface area contributed by atoms with Gasteiger partial charge in [-0.1, -0.05) is 29.8 Å². The lowest BCUT2D eigenvalue weighted by molar-refractivity contribution is -0.710. The standard InChI is InChI=1S/C28H33F3N6O7S/c1-7-35(37(40)34-44-19(3)43-26(39)27(4,5)6)17-25(38)33-45(41,42)22-14-12-21(13-15-22)36-23(16-24(32-36)28(29,30)31)20-10-8-18(2)9-11-20/h8-16,19H,7,17H2,1-6H3,(H,33,38)/b37-34-. The Bertz CT molecular complexity index is 1650. The fourth-order valence-corrected chi connectivity index (χ4v) is 4.60. The summed E-state index contributed by atoms with van der Waals surface area (Å²) >= 11 is 0. The molecule has 0 fully saturated rings. The van der Waals surface area contributed by atoms with Crippen molar-refractivity contribution in [1.82, 2.24) is 19.5 Å². The quantitative estimate of drug-likeness (QED) is 0.101. The van der Waals surface area contributed by atoms with Gasteiger partial charge >= 0.3 is 12.1 Å². The third-order valence-corrected chi connectivity index (χ3v) is 7.46. The number of benzene rings is 2. The molecule has 0 aliphatic heterocycles. The van der Waals surface area contributed by atoms with Crippen molar-refractivity contribution in [3.8, 4) is 16.9 Å². The van der Waals surface area contributed by atoms with Gasteiger partial charge in [-0.3, -0.25) is 14.4 Å². The van der Waals surface area contributed by atoms with Crippen LogP contribution in [0.2, 0.25) is 0 Å². The number of carbonyl (C=O) groups is 2. The van der Waals surface area contributed by atoms with Crippen LogP contribution >= 0.6 is 0 Å². The summed E-state index contributed by atoms with van der Waals surface area (Å²) in [4.78, 5) is 28.8. The number of aromatic nitrogens is 2. The lowest BCUT2D eigenvalue weighted by Crippen LogP contribution is -2.42. The van der Waals surface area contributed by atoms with Crippen LogP contribution in [-0.4, -0.2) is 59.4 Å². The number of nitrogens with one attached hydrogen (secondary N) is 1. The Hall–Kier alpha value is -4.67. The van der Waals surface area contributed by atoms with E-state index < -0.39 is 52.0 Å². The molecular formula is C28H33F3N6O7S. The minimum absolute atomic E-state index is 0.0816. The Morgan fingerprint density at radius 2 is 1.71 bits per heavy atom. The maximum Gasteiger partial charge on any atom is 0.435 e. The van der Waals surface area contributed by atoms with E-state index in [-0.39, 0.29) is 27.8 Å². The zero-order valence-corrected chi connectivity index (χ0v) is 26.1. The Morgan fingerprint density at radius 3 is 2.24 bits per heavy atom. The van der Waals surface area contributed by atoms with Gasteiger partial charge in [0, 0.05) is 12.5 Å². The van der Waals surface area contributed by atoms with Crippen LogP contribution in [0.4, 0.5) is 13.2 Å². The largest absolute Gasteiger partial charge is 0.569 e. The van der Waals surface area contributed by atoms with Gasteiger partial charge in [-0.15, -0.1) is 5.01 Å². The van der Waals surface area contributed by atoms with Gasteiger partial charge in [0.15, 0.2) is 12.2 Å². The highest BCUT2D eigenvalue weighted by Gasteiger charge is 2.35. The number of hydrogen-bond donors (Lipinski definition) is 1. The Balaban J connectivity index is 1.73. The maximum atomic E-state index is 13.5. The Labute approximate surface area is 257 Å². The minimum Gasteiger partial charge on any atom is -0.569 e. The van der Waals surface area contributed by atoms with Crippen molar-refractivity contribution in [1.29, 1.82) is 0 Å². The van der Waals surface area contributed by atoms with Gasteiger partial charge in [0.1, 0.15) is 0 Å². The normalized spacial score (nSPS) is 13.2. The summed E-state index contributed by atoms with van der Waals surface area (Å²) in [6, 6.07) is 12.3. The Kier molecular flexibility index (Phi) is 10.5. The molecule has 0 bridgehead atoms. The predicted molar refractivity (Wildman–Crippen MR) is 153 cm³/mol. The number of carbonyl (C=O) groups excluding carboxylic acids is 2. The van der Waals surface area contributed by atoms with Gasteiger partial charge in [0.2, 0.25) is 5.28 Å². The van der Waals surface area contributed by atoms with Crippen molar-refractivity contribution >= 4 is 21.9 Å². The first-order chi connectivity index (χ1) is 20.8. The zero-order chi connectivity index (χ0) is 33.7. The van der Waals surface area contributed by atoms with Crippen molar-refractivity contribution in [2.45, 2.75) is 58.9 Å². The molecule has 0 radical (unpaired) electrons. The van der Waals surface area contributed by atoms with Crippen molar-refractivity contribution in [3.63, 3.8) is 0 Å². The lowest BCUT2D eigenvalue weighted by Gasteiger charge is -2.19.